The molecule has 1 heterocycles. The van der Waals surface area contributed by atoms with Gasteiger partial charge in [0.15, 0.2) is 23.5 Å². The largest absolute Gasteiger partial charge is 0.489 e. The van der Waals surface area contributed by atoms with E-state index in [1.54, 1.807) is 12.2 Å². The number of nitrogens with two attached hydrogens (primary N) is 1. The van der Waals surface area contributed by atoms with Crippen molar-refractivity contribution < 1.29 is 34.0 Å². The van der Waals surface area contributed by atoms with Gasteiger partial charge in [-0.2, -0.15) is 0 Å². The molecule has 232 valence electrons. The molecule has 4 N–H and O–H groups in total. The molecule has 2 aromatic rings. The molecule has 2 aromatic carbocycles. The monoisotopic (exact) mass is 599 g/mol. The third kappa shape index (κ3) is 4.11. The van der Waals surface area contributed by atoms with Crippen LogP contribution in [-0.2, 0) is 25.7 Å². The Morgan fingerprint density at radius 1 is 1.18 bits per heavy atom. The van der Waals surface area contributed by atoms with Crippen LogP contribution >= 0.6 is 0 Å². The molecule has 5 aliphatic rings. The van der Waals surface area contributed by atoms with E-state index in [4.69, 9.17) is 19.9 Å². The summed E-state index contributed by atoms with van der Waals surface area (Å²) in [6.07, 6.45) is 5.73. The lowest BCUT2D eigenvalue weighted by Gasteiger charge is -2.59. The summed E-state index contributed by atoms with van der Waals surface area (Å²) >= 11 is 0. The van der Waals surface area contributed by atoms with Crippen molar-refractivity contribution in [3.63, 3.8) is 0 Å². The van der Waals surface area contributed by atoms with Gasteiger partial charge in [-0.15, -0.1) is 0 Å². The molecule has 7 rings (SSSR count). The number of allylic oxidation sites excluding steroid dienone is 4. The predicted octanol–water partition coefficient (Wildman–Crippen LogP) is 4.76. The van der Waals surface area contributed by atoms with Crippen LogP contribution in [0.2, 0.25) is 0 Å². The topological polar surface area (TPSA) is 128 Å². The zero-order valence-electron chi connectivity index (χ0n) is 25.5. The van der Waals surface area contributed by atoms with Crippen LogP contribution in [0.4, 0.5) is 5.69 Å². The smallest absolute Gasteiger partial charge is 0.193 e. The number of Topliss-reactive ketones (excluding diaryl/α,β-unsaturated/α-hetero) is 1. The molecule has 0 bridgehead atoms. The number of rotatable bonds is 6. The summed E-state index contributed by atoms with van der Waals surface area (Å²) < 4.78 is 19.6. The molecular formula is C36H41NO7. The summed E-state index contributed by atoms with van der Waals surface area (Å²) in [5.74, 6) is 0.325. The van der Waals surface area contributed by atoms with Crippen LogP contribution in [0, 0.1) is 35.5 Å². The van der Waals surface area contributed by atoms with E-state index >= 15 is 0 Å². The van der Waals surface area contributed by atoms with Crippen LogP contribution in [0.25, 0.3) is 0 Å². The van der Waals surface area contributed by atoms with Gasteiger partial charge in [0, 0.05) is 28.0 Å². The van der Waals surface area contributed by atoms with Crippen molar-refractivity contribution in [3.05, 3.63) is 83.0 Å². The Morgan fingerprint density at radius 2 is 1.98 bits per heavy atom. The minimum atomic E-state index is -1.40. The number of nitrogen functional groups attached to an aromatic ring is 1. The van der Waals surface area contributed by atoms with Gasteiger partial charge in [-0.3, -0.25) is 9.59 Å². The van der Waals surface area contributed by atoms with Crippen LogP contribution in [0.5, 0.6) is 5.75 Å². The summed E-state index contributed by atoms with van der Waals surface area (Å²) in [5, 5.41) is 22.2. The number of fused-ring (bicyclic) bond motifs is 7. The molecule has 2 unspecified atom stereocenters. The van der Waals surface area contributed by atoms with Crippen LogP contribution in [0.3, 0.4) is 0 Å². The molecule has 0 amide bonds. The van der Waals surface area contributed by atoms with Gasteiger partial charge >= 0.3 is 0 Å². The fourth-order valence-electron chi connectivity index (χ4n) is 9.71. The molecule has 44 heavy (non-hydrogen) atoms. The first-order valence-electron chi connectivity index (χ1n) is 15.7. The Kier molecular flexibility index (Phi) is 6.94. The highest BCUT2D eigenvalue weighted by atomic mass is 16.7. The van der Waals surface area contributed by atoms with E-state index < -0.39 is 47.3 Å². The second-order valence-electron chi connectivity index (χ2n) is 13.8. The van der Waals surface area contributed by atoms with Gasteiger partial charge in [0.25, 0.3) is 0 Å². The lowest BCUT2D eigenvalue weighted by atomic mass is 9.46. The number of hydrogen-bond donors (Lipinski definition) is 3. The lowest BCUT2D eigenvalue weighted by molar-refractivity contribution is -0.201. The van der Waals surface area contributed by atoms with Gasteiger partial charge in [0.05, 0.1) is 12.2 Å². The Hall–Kier alpha value is -3.30. The first-order valence-corrected chi connectivity index (χ1v) is 15.7. The molecule has 8 nitrogen and oxygen atoms in total. The number of aliphatic hydroxyl groups excluding tert-OH is 2. The van der Waals surface area contributed by atoms with Gasteiger partial charge in [-0.05, 0) is 85.9 Å². The van der Waals surface area contributed by atoms with Gasteiger partial charge < -0.3 is 30.2 Å². The molecule has 0 radical (unpaired) electrons. The first kappa shape index (κ1) is 29.4. The molecular weight excluding hydrogens is 558 g/mol. The Balaban J connectivity index is 1.19. The van der Waals surface area contributed by atoms with E-state index in [0.29, 0.717) is 30.9 Å². The molecule has 9 atom stereocenters. The minimum Gasteiger partial charge on any atom is -0.489 e. The quantitative estimate of drug-likeness (QED) is 0.406. The molecule has 4 aliphatic carbocycles. The highest BCUT2D eigenvalue weighted by Gasteiger charge is 2.76. The molecule has 1 saturated heterocycles. The van der Waals surface area contributed by atoms with Crippen molar-refractivity contribution in [1.29, 1.82) is 0 Å². The average Bonchev–Trinajstić information content (AvgIpc) is 3.49. The number of carbonyl (C=O) groups excluding carboxylic acids is 2. The molecule has 0 aromatic heterocycles. The Bertz CT molecular complexity index is 1580. The van der Waals surface area contributed by atoms with Crippen molar-refractivity contribution in [2.75, 3.05) is 12.3 Å². The van der Waals surface area contributed by atoms with Crippen molar-refractivity contribution in [1.82, 2.24) is 0 Å². The van der Waals surface area contributed by atoms with E-state index in [9.17, 15) is 19.8 Å². The van der Waals surface area contributed by atoms with Crippen LogP contribution in [-0.4, -0.2) is 46.2 Å². The average molecular weight is 600 g/mol. The second kappa shape index (κ2) is 10.4. The summed E-state index contributed by atoms with van der Waals surface area (Å²) in [6, 6.07) is 13.3. The lowest BCUT2D eigenvalue weighted by Crippen LogP contribution is -2.63. The number of carbonyl (C=O) groups is 2. The van der Waals surface area contributed by atoms with Crippen molar-refractivity contribution in [2.45, 2.75) is 77.2 Å². The van der Waals surface area contributed by atoms with Crippen molar-refractivity contribution in [3.8, 4) is 5.75 Å². The first-order chi connectivity index (χ1) is 21.0. The highest BCUT2D eigenvalue weighted by Crippen LogP contribution is 2.70. The second-order valence-corrected chi connectivity index (χ2v) is 13.8. The Labute approximate surface area is 257 Å². The maximum atomic E-state index is 13.9. The maximum Gasteiger partial charge on any atom is 0.193 e. The highest BCUT2D eigenvalue weighted by molar-refractivity contribution is 6.01. The molecule has 0 spiro atoms. The zero-order valence-corrected chi connectivity index (χ0v) is 25.5. The summed E-state index contributed by atoms with van der Waals surface area (Å²) in [5.41, 5.74) is 7.67. The Morgan fingerprint density at radius 3 is 2.75 bits per heavy atom. The van der Waals surface area contributed by atoms with E-state index in [0.717, 1.165) is 35.1 Å². The van der Waals surface area contributed by atoms with Gasteiger partial charge in [0.1, 0.15) is 19.0 Å². The normalized spacial score (nSPS) is 38.8. The number of anilines is 1. The van der Waals surface area contributed by atoms with Crippen LogP contribution < -0.4 is 10.5 Å². The third-order valence-corrected chi connectivity index (χ3v) is 11.7. The zero-order chi connectivity index (χ0) is 31.0. The third-order valence-electron chi connectivity index (χ3n) is 11.7. The van der Waals surface area contributed by atoms with Gasteiger partial charge in [-0.1, -0.05) is 49.8 Å². The summed E-state index contributed by atoms with van der Waals surface area (Å²) in [6.45, 7) is 5.79. The minimum absolute atomic E-state index is 0.00340. The molecule has 4 fully saturated rings. The molecule has 1 aliphatic heterocycles. The molecule has 8 heteroatoms. The number of ether oxygens (including phenoxy) is 3. The van der Waals surface area contributed by atoms with Crippen molar-refractivity contribution >= 4 is 17.3 Å². The van der Waals surface area contributed by atoms with Crippen molar-refractivity contribution in [2.24, 2.45) is 28.6 Å². The number of aliphatic hydroxyl groups is 2. The van der Waals surface area contributed by atoms with Gasteiger partial charge in [0.2, 0.25) is 0 Å². The maximum absolute atomic E-state index is 13.9. The van der Waals surface area contributed by atoms with E-state index in [1.807, 2.05) is 62.4 Å². The number of ketones is 2. The van der Waals surface area contributed by atoms with E-state index in [2.05, 4.69) is 6.92 Å². The number of benzene rings is 2. The van der Waals surface area contributed by atoms with E-state index in [-0.39, 0.29) is 23.5 Å². The van der Waals surface area contributed by atoms with E-state index in [1.165, 1.54) is 0 Å². The molecule has 3 saturated carbocycles. The number of hydrogen-bond acceptors (Lipinski definition) is 8. The standard InChI is InChI=1S/C36H41NO7/c1-20-25(8-5-9-29(20)42-19-21-6-4-7-23(37)14-21)33-43-31-16-27-26-11-10-22-15-24(39)12-13-34(22,2)32(26)28(40)17-35(27,3)36(31,44-33)30(41)18-38/h4-9,12-15,26-28,31-33,38,40H,10-11,16-19,37H2,1-3H3/t26-,27?,28-,31+,32?,33+,34-,35-,36+/m0/s1. The van der Waals surface area contributed by atoms with Crippen LogP contribution in [0.15, 0.2) is 66.3 Å². The predicted molar refractivity (Wildman–Crippen MR) is 163 cm³/mol. The van der Waals surface area contributed by atoms with Gasteiger partial charge in [-0.25, -0.2) is 0 Å². The fraction of sp³-hybridized carbons (Fsp3) is 0.500. The fourth-order valence-corrected chi connectivity index (χ4v) is 9.71. The summed E-state index contributed by atoms with van der Waals surface area (Å²) in [7, 11) is 0. The van der Waals surface area contributed by atoms with Crippen LogP contribution in [0.1, 0.15) is 62.5 Å². The SMILES string of the molecule is Cc1c(OCc2cccc(N)c2)cccc1[C@@H]1O[C@@H]2CC3[C@@H]4CCC5=CC(=O)C=C[C@]5(C)C4[C@@H](O)C[C@]3(C)[C@]2(C(=O)CO)O1. The summed E-state index contributed by atoms with van der Waals surface area (Å²) in [4.78, 5) is 26.0.